The molecule has 0 radical (unpaired) electrons. The fourth-order valence-corrected chi connectivity index (χ4v) is 0.433. The summed E-state index contributed by atoms with van der Waals surface area (Å²) in [5, 5.41) is 0. The summed E-state index contributed by atoms with van der Waals surface area (Å²) in [5.41, 5.74) is 0. The van der Waals surface area contributed by atoms with E-state index in [1.807, 2.05) is 27.7 Å². The van der Waals surface area contributed by atoms with E-state index in [4.69, 9.17) is 0 Å². The summed E-state index contributed by atoms with van der Waals surface area (Å²) in [7, 11) is 0. The molecule has 0 unspecified atom stereocenters. The molecule has 0 aromatic rings. The van der Waals surface area contributed by atoms with E-state index in [-0.39, 0.29) is 12.8 Å². The number of ether oxygens (including phenoxy) is 1. The van der Waals surface area contributed by atoms with E-state index in [0.29, 0.717) is 0 Å². The molecule has 0 bridgehead atoms. The zero-order chi connectivity index (χ0) is 16.1. The zero-order valence-corrected chi connectivity index (χ0v) is 12.8. The summed E-state index contributed by atoms with van der Waals surface area (Å²) in [5.74, 6) is -0.796. The van der Waals surface area contributed by atoms with Crippen LogP contribution < -0.4 is 0 Å². The maximum absolute atomic E-state index is 10.0. The Morgan fingerprint density at radius 1 is 0.737 bits per heavy atom. The van der Waals surface area contributed by atoms with Crippen LogP contribution in [0.4, 0.5) is 0 Å². The van der Waals surface area contributed by atoms with Gasteiger partial charge in [-0.15, -0.1) is 26.3 Å². The van der Waals surface area contributed by atoms with Crippen LogP contribution in [0.3, 0.4) is 0 Å². The van der Waals surface area contributed by atoms with Crippen molar-refractivity contribution in [2.45, 2.75) is 40.5 Å². The lowest BCUT2D eigenvalue weighted by molar-refractivity contribution is -0.151. The van der Waals surface area contributed by atoms with Gasteiger partial charge >= 0.3 is 11.9 Å². The van der Waals surface area contributed by atoms with Gasteiger partial charge in [0.15, 0.2) is 0 Å². The molecule has 1 aliphatic rings. The molecule has 1 rings (SSSR count). The van der Waals surface area contributed by atoms with Gasteiger partial charge in [-0.25, -0.2) is 0 Å². The standard InChI is InChI=1S/C4H4O3.4C3H6/c5-3-1-2-4(6)7-3;4*1-3-2/h1-2H2;4*3H,1H2,2H3. The smallest absolute Gasteiger partial charge is 0.314 e. The van der Waals surface area contributed by atoms with Crippen molar-refractivity contribution < 1.29 is 14.3 Å². The van der Waals surface area contributed by atoms with Crippen molar-refractivity contribution in [2.24, 2.45) is 0 Å². The molecule has 0 spiro atoms. The Labute approximate surface area is 118 Å². The molecule has 1 fully saturated rings. The fourth-order valence-electron chi connectivity index (χ4n) is 0.433. The molecular formula is C16H28O3. The summed E-state index contributed by atoms with van der Waals surface area (Å²) in [6, 6.07) is 0. The summed E-state index contributed by atoms with van der Waals surface area (Å²) in [4.78, 5) is 20.0. The molecule has 0 aromatic heterocycles. The van der Waals surface area contributed by atoms with Gasteiger partial charge < -0.3 is 4.74 Å². The van der Waals surface area contributed by atoms with Gasteiger partial charge in [-0.2, -0.15) is 0 Å². The molecule has 19 heavy (non-hydrogen) atoms. The van der Waals surface area contributed by atoms with Crippen LogP contribution >= 0.6 is 0 Å². The third-order valence-electron chi connectivity index (χ3n) is 0.761. The number of rotatable bonds is 0. The van der Waals surface area contributed by atoms with Crippen LogP contribution in [-0.4, -0.2) is 11.9 Å². The maximum Gasteiger partial charge on any atom is 0.314 e. The maximum atomic E-state index is 10.0. The van der Waals surface area contributed by atoms with E-state index < -0.39 is 11.9 Å². The quantitative estimate of drug-likeness (QED) is 0.366. The normalized spacial score (nSPS) is 10.1. The lowest BCUT2D eigenvalue weighted by Crippen LogP contribution is -1.94. The molecule has 0 aliphatic carbocycles. The van der Waals surface area contributed by atoms with Gasteiger partial charge in [0.2, 0.25) is 0 Å². The lowest BCUT2D eigenvalue weighted by Gasteiger charge is -1.79. The minimum Gasteiger partial charge on any atom is -0.393 e. The molecule has 0 amide bonds. The van der Waals surface area contributed by atoms with E-state index >= 15 is 0 Å². The van der Waals surface area contributed by atoms with Gasteiger partial charge in [0, 0.05) is 0 Å². The topological polar surface area (TPSA) is 43.4 Å². The first-order valence-corrected chi connectivity index (χ1v) is 5.97. The number of hydrogen-bond acceptors (Lipinski definition) is 3. The van der Waals surface area contributed by atoms with Gasteiger partial charge in [-0.05, 0) is 27.7 Å². The first-order chi connectivity index (χ1) is 8.94. The minimum atomic E-state index is -0.398. The average molecular weight is 268 g/mol. The van der Waals surface area contributed by atoms with Crippen molar-refractivity contribution in [1.82, 2.24) is 0 Å². The molecule has 3 nitrogen and oxygen atoms in total. The summed E-state index contributed by atoms with van der Waals surface area (Å²) < 4.78 is 4.08. The molecule has 0 N–H and O–H groups in total. The zero-order valence-electron chi connectivity index (χ0n) is 12.8. The SMILES string of the molecule is C=CC.C=CC.C=CC.C=CC.O=C1CCC(=O)O1. The van der Waals surface area contributed by atoms with Crippen LogP contribution in [-0.2, 0) is 14.3 Å². The molecule has 1 saturated heterocycles. The highest BCUT2D eigenvalue weighted by atomic mass is 16.6. The Bertz CT molecular complexity index is 215. The Morgan fingerprint density at radius 3 is 0.947 bits per heavy atom. The van der Waals surface area contributed by atoms with Crippen LogP contribution in [0.1, 0.15) is 40.5 Å². The minimum absolute atomic E-state index is 0.263. The third-order valence-corrected chi connectivity index (χ3v) is 0.761. The highest BCUT2D eigenvalue weighted by Gasteiger charge is 2.19. The number of carbonyl (C=O) groups is 2. The number of carbonyl (C=O) groups excluding carboxylic acids is 2. The monoisotopic (exact) mass is 268 g/mol. The molecule has 3 heteroatoms. The van der Waals surface area contributed by atoms with Crippen molar-refractivity contribution in [3.05, 3.63) is 50.6 Å². The van der Waals surface area contributed by atoms with E-state index in [1.54, 1.807) is 24.3 Å². The molecule has 110 valence electrons. The van der Waals surface area contributed by atoms with Gasteiger partial charge in [0.25, 0.3) is 0 Å². The Balaban J connectivity index is -0.0000000812. The second-order valence-electron chi connectivity index (χ2n) is 2.98. The van der Waals surface area contributed by atoms with Gasteiger partial charge in [0.1, 0.15) is 0 Å². The predicted molar refractivity (Wildman–Crippen MR) is 83.8 cm³/mol. The third kappa shape index (κ3) is 63.5. The summed E-state index contributed by atoms with van der Waals surface area (Å²) in [6.07, 6.45) is 7.53. The second kappa shape index (κ2) is 29.8. The highest BCUT2D eigenvalue weighted by molar-refractivity contribution is 5.92. The van der Waals surface area contributed by atoms with Crippen molar-refractivity contribution in [3.8, 4) is 0 Å². The van der Waals surface area contributed by atoms with Gasteiger partial charge in [-0.1, -0.05) is 24.3 Å². The van der Waals surface area contributed by atoms with Crippen molar-refractivity contribution in [2.75, 3.05) is 0 Å². The van der Waals surface area contributed by atoms with Gasteiger partial charge in [-0.3, -0.25) is 9.59 Å². The summed E-state index contributed by atoms with van der Waals surface area (Å²) in [6.45, 7) is 21.0. The average Bonchev–Trinajstić information content (AvgIpc) is 2.67. The van der Waals surface area contributed by atoms with E-state index in [9.17, 15) is 9.59 Å². The predicted octanol–water partition coefficient (Wildman–Crippen LogP) is 4.62. The Hall–Kier alpha value is -1.90. The molecule has 0 aromatic carbocycles. The number of hydrogen-bond donors (Lipinski definition) is 0. The van der Waals surface area contributed by atoms with E-state index in [2.05, 4.69) is 31.1 Å². The van der Waals surface area contributed by atoms with E-state index in [0.717, 1.165) is 0 Å². The van der Waals surface area contributed by atoms with Crippen LogP contribution in [0.15, 0.2) is 50.6 Å². The van der Waals surface area contributed by atoms with Crippen LogP contribution in [0.5, 0.6) is 0 Å². The number of allylic oxidation sites excluding steroid dienone is 4. The Kier molecular flexibility index (Phi) is 40.5. The second-order valence-corrected chi connectivity index (χ2v) is 2.98. The van der Waals surface area contributed by atoms with Crippen molar-refractivity contribution in [3.63, 3.8) is 0 Å². The van der Waals surface area contributed by atoms with Crippen LogP contribution in [0.2, 0.25) is 0 Å². The van der Waals surface area contributed by atoms with Gasteiger partial charge in [0.05, 0.1) is 12.8 Å². The highest BCUT2D eigenvalue weighted by Crippen LogP contribution is 2.03. The number of esters is 2. The first kappa shape index (κ1) is 25.8. The summed E-state index contributed by atoms with van der Waals surface area (Å²) >= 11 is 0. The fraction of sp³-hybridized carbons (Fsp3) is 0.375. The van der Waals surface area contributed by atoms with Crippen molar-refractivity contribution >= 4 is 11.9 Å². The Morgan fingerprint density at radius 2 is 0.895 bits per heavy atom. The van der Waals surface area contributed by atoms with Crippen molar-refractivity contribution in [1.29, 1.82) is 0 Å². The number of cyclic esters (lactones) is 2. The van der Waals surface area contributed by atoms with Crippen LogP contribution in [0, 0.1) is 0 Å². The first-order valence-electron chi connectivity index (χ1n) is 5.97. The molecule has 1 heterocycles. The molecule has 1 aliphatic heterocycles. The molecule has 0 atom stereocenters. The molecule has 0 saturated carbocycles. The lowest BCUT2D eigenvalue weighted by atomic mass is 10.4. The van der Waals surface area contributed by atoms with E-state index in [1.165, 1.54) is 0 Å². The largest absolute Gasteiger partial charge is 0.393 e. The molecular weight excluding hydrogens is 240 g/mol. The van der Waals surface area contributed by atoms with Crippen LogP contribution in [0.25, 0.3) is 0 Å².